The minimum absolute atomic E-state index is 0.170. The van der Waals surface area contributed by atoms with E-state index in [4.69, 9.17) is 9.47 Å². The summed E-state index contributed by atoms with van der Waals surface area (Å²) in [5.41, 5.74) is 0. The summed E-state index contributed by atoms with van der Waals surface area (Å²) in [5, 5.41) is 0. The maximum Gasteiger partial charge on any atom is 0.211 e. The number of hydrogen-bond donors (Lipinski definition) is 1. The predicted molar refractivity (Wildman–Crippen MR) is 79.8 cm³/mol. The minimum atomic E-state index is -3.17. The zero-order valence-corrected chi connectivity index (χ0v) is 12.9. The van der Waals surface area contributed by atoms with Crippen LogP contribution in [-0.4, -0.2) is 33.9 Å². The van der Waals surface area contributed by atoms with Crippen LogP contribution in [0.5, 0.6) is 11.5 Å². The molecular weight excluding hydrogens is 278 g/mol. The van der Waals surface area contributed by atoms with E-state index in [0.29, 0.717) is 25.4 Å². The summed E-state index contributed by atoms with van der Waals surface area (Å²) < 4.78 is 36.5. The van der Waals surface area contributed by atoms with E-state index >= 15 is 0 Å². The lowest BCUT2D eigenvalue weighted by atomic mass is 10.3. The van der Waals surface area contributed by atoms with Crippen LogP contribution in [0.15, 0.2) is 24.3 Å². The normalized spacial score (nSPS) is 11.3. The van der Waals surface area contributed by atoms with Gasteiger partial charge in [0.15, 0.2) is 0 Å². The third-order valence-electron chi connectivity index (χ3n) is 2.58. The van der Waals surface area contributed by atoms with Crippen molar-refractivity contribution in [1.82, 2.24) is 4.72 Å². The molecule has 0 aliphatic heterocycles. The van der Waals surface area contributed by atoms with Gasteiger partial charge < -0.3 is 9.47 Å². The van der Waals surface area contributed by atoms with Gasteiger partial charge in [0.25, 0.3) is 0 Å². The molecule has 0 saturated carbocycles. The van der Waals surface area contributed by atoms with E-state index in [1.54, 1.807) is 6.07 Å². The summed E-state index contributed by atoms with van der Waals surface area (Å²) in [6, 6.07) is 7.29. The fourth-order valence-electron chi connectivity index (χ4n) is 1.59. The molecule has 114 valence electrons. The zero-order chi connectivity index (χ0) is 14.8. The van der Waals surface area contributed by atoms with Crippen LogP contribution in [0.4, 0.5) is 0 Å². The molecule has 0 unspecified atom stereocenters. The standard InChI is InChI=1S/C14H23NO4S/c1-3-5-11-20(16,17)15-9-10-19-14-8-6-7-13(12-14)18-4-2/h6-8,12,15H,3-5,9-11H2,1-2H3. The molecule has 1 rings (SSSR count). The highest BCUT2D eigenvalue weighted by molar-refractivity contribution is 7.89. The SMILES string of the molecule is CCCCS(=O)(=O)NCCOc1cccc(OCC)c1. The lowest BCUT2D eigenvalue weighted by molar-refractivity contribution is 0.313. The van der Waals surface area contributed by atoms with Crippen molar-refractivity contribution in [2.45, 2.75) is 26.7 Å². The number of nitrogens with one attached hydrogen (secondary N) is 1. The Kier molecular flexibility index (Phi) is 7.40. The molecule has 0 bridgehead atoms. The third kappa shape index (κ3) is 6.77. The van der Waals surface area contributed by atoms with Crippen LogP contribution in [0.1, 0.15) is 26.7 Å². The zero-order valence-electron chi connectivity index (χ0n) is 12.1. The largest absolute Gasteiger partial charge is 0.494 e. The average molecular weight is 301 g/mol. The highest BCUT2D eigenvalue weighted by atomic mass is 32.2. The van der Waals surface area contributed by atoms with Crippen molar-refractivity contribution in [3.63, 3.8) is 0 Å². The predicted octanol–water partition coefficient (Wildman–Crippen LogP) is 2.18. The number of benzene rings is 1. The van der Waals surface area contributed by atoms with Gasteiger partial charge in [0, 0.05) is 12.6 Å². The van der Waals surface area contributed by atoms with Crippen molar-refractivity contribution in [1.29, 1.82) is 0 Å². The van der Waals surface area contributed by atoms with Crippen molar-refractivity contribution in [2.24, 2.45) is 0 Å². The first kappa shape index (κ1) is 16.8. The van der Waals surface area contributed by atoms with Crippen molar-refractivity contribution < 1.29 is 17.9 Å². The molecular formula is C14H23NO4S. The van der Waals surface area contributed by atoms with Crippen molar-refractivity contribution in [3.8, 4) is 11.5 Å². The Hall–Kier alpha value is -1.27. The molecule has 0 saturated heterocycles. The molecule has 0 heterocycles. The van der Waals surface area contributed by atoms with Gasteiger partial charge in [-0.25, -0.2) is 13.1 Å². The second-order valence-electron chi connectivity index (χ2n) is 4.32. The molecule has 0 amide bonds. The smallest absolute Gasteiger partial charge is 0.211 e. The third-order valence-corrected chi connectivity index (χ3v) is 4.05. The Morgan fingerprint density at radius 2 is 1.85 bits per heavy atom. The maximum absolute atomic E-state index is 11.6. The summed E-state index contributed by atoms with van der Waals surface area (Å²) in [7, 11) is -3.17. The highest BCUT2D eigenvalue weighted by Crippen LogP contribution is 2.19. The molecule has 1 N–H and O–H groups in total. The van der Waals surface area contributed by atoms with Gasteiger partial charge in [-0.05, 0) is 25.5 Å². The Balaban J connectivity index is 2.32. The second kappa shape index (κ2) is 8.81. The summed E-state index contributed by atoms with van der Waals surface area (Å²) in [4.78, 5) is 0. The van der Waals surface area contributed by atoms with Gasteiger partial charge >= 0.3 is 0 Å². The number of ether oxygens (including phenoxy) is 2. The van der Waals surface area contributed by atoms with E-state index in [2.05, 4.69) is 4.72 Å². The molecule has 0 radical (unpaired) electrons. The van der Waals surface area contributed by atoms with Gasteiger partial charge in [0.1, 0.15) is 18.1 Å². The molecule has 6 heteroatoms. The van der Waals surface area contributed by atoms with Crippen LogP contribution < -0.4 is 14.2 Å². The van der Waals surface area contributed by atoms with Gasteiger partial charge in [-0.1, -0.05) is 19.4 Å². The van der Waals surface area contributed by atoms with Gasteiger partial charge in [-0.15, -0.1) is 0 Å². The molecule has 0 aliphatic carbocycles. The lowest BCUT2D eigenvalue weighted by Crippen LogP contribution is -2.30. The summed E-state index contributed by atoms with van der Waals surface area (Å²) in [6.45, 7) is 5.04. The van der Waals surface area contributed by atoms with E-state index in [-0.39, 0.29) is 12.3 Å². The number of rotatable bonds is 10. The number of sulfonamides is 1. The molecule has 0 atom stereocenters. The monoisotopic (exact) mass is 301 g/mol. The Morgan fingerprint density at radius 3 is 2.50 bits per heavy atom. The molecule has 0 fully saturated rings. The van der Waals surface area contributed by atoms with Crippen LogP contribution in [0.3, 0.4) is 0 Å². The van der Waals surface area contributed by atoms with Crippen LogP contribution in [-0.2, 0) is 10.0 Å². The van der Waals surface area contributed by atoms with E-state index in [1.165, 1.54) is 0 Å². The number of hydrogen-bond acceptors (Lipinski definition) is 4. The number of unbranched alkanes of at least 4 members (excludes halogenated alkanes) is 1. The fraction of sp³-hybridized carbons (Fsp3) is 0.571. The minimum Gasteiger partial charge on any atom is -0.494 e. The van der Waals surface area contributed by atoms with E-state index in [0.717, 1.165) is 12.2 Å². The van der Waals surface area contributed by atoms with Gasteiger partial charge in [0.2, 0.25) is 10.0 Å². The van der Waals surface area contributed by atoms with E-state index in [1.807, 2.05) is 32.0 Å². The Bertz CT molecular complexity index is 488. The fourth-order valence-corrected chi connectivity index (χ4v) is 2.80. The van der Waals surface area contributed by atoms with E-state index < -0.39 is 10.0 Å². The van der Waals surface area contributed by atoms with Crippen LogP contribution in [0, 0.1) is 0 Å². The van der Waals surface area contributed by atoms with Crippen LogP contribution >= 0.6 is 0 Å². The molecule has 0 aromatic heterocycles. The molecule has 0 spiro atoms. The van der Waals surface area contributed by atoms with Gasteiger partial charge in [-0.3, -0.25) is 0 Å². The van der Waals surface area contributed by atoms with Crippen LogP contribution in [0.25, 0.3) is 0 Å². The molecule has 1 aromatic rings. The Labute approximate surface area is 121 Å². The van der Waals surface area contributed by atoms with E-state index in [9.17, 15) is 8.42 Å². The molecule has 0 aliphatic rings. The van der Waals surface area contributed by atoms with Crippen molar-refractivity contribution >= 4 is 10.0 Å². The summed E-state index contributed by atoms with van der Waals surface area (Å²) in [6.07, 6.45) is 1.54. The lowest BCUT2D eigenvalue weighted by Gasteiger charge is -2.09. The molecule has 1 aromatic carbocycles. The van der Waals surface area contributed by atoms with Crippen molar-refractivity contribution in [2.75, 3.05) is 25.5 Å². The highest BCUT2D eigenvalue weighted by Gasteiger charge is 2.08. The van der Waals surface area contributed by atoms with Gasteiger partial charge in [0.05, 0.1) is 12.4 Å². The van der Waals surface area contributed by atoms with Gasteiger partial charge in [-0.2, -0.15) is 0 Å². The first-order chi connectivity index (χ1) is 9.57. The first-order valence-electron chi connectivity index (χ1n) is 6.90. The van der Waals surface area contributed by atoms with Crippen molar-refractivity contribution in [3.05, 3.63) is 24.3 Å². The summed E-state index contributed by atoms with van der Waals surface area (Å²) >= 11 is 0. The average Bonchev–Trinajstić information content (AvgIpc) is 2.42. The van der Waals surface area contributed by atoms with Crippen LogP contribution in [0.2, 0.25) is 0 Å². The Morgan fingerprint density at radius 1 is 1.15 bits per heavy atom. The topological polar surface area (TPSA) is 64.6 Å². The first-order valence-corrected chi connectivity index (χ1v) is 8.55. The maximum atomic E-state index is 11.6. The summed E-state index contributed by atoms with van der Waals surface area (Å²) in [5.74, 6) is 1.58. The molecule has 5 nitrogen and oxygen atoms in total. The molecule has 20 heavy (non-hydrogen) atoms. The second-order valence-corrected chi connectivity index (χ2v) is 6.25. The quantitative estimate of drug-likeness (QED) is 0.673.